The molecular formula is C18H34O4Si. The Kier molecular flexibility index (Phi) is 6.47. The van der Waals surface area contributed by atoms with E-state index in [1.165, 1.54) is 0 Å². The molecule has 0 spiro atoms. The van der Waals surface area contributed by atoms with Crippen molar-refractivity contribution in [2.24, 2.45) is 0 Å². The van der Waals surface area contributed by atoms with Crippen LogP contribution in [-0.2, 0) is 14.0 Å². The Morgan fingerprint density at radius 3 is 1.48 bits per heavy atom. The topological polar surface area (TPSA) is 63.6 Å². The predicted molar refractivity (Wildman–Crippen MR) is 97.0 cm³/mol. The van der Waals surface area contributed by atoms with Crippen molar-refractivity contribution in [3.05, 3.63) is 11.6 Å². The van der Waals surface area contributed by atoms with Crippen LogP contribution in [0.15, 0.2) is 11.6 Å². The van der Waals surface area contributed by atoms with Crippen LogP contribution in [0.1, 0.15) is 75.7 Å². The van der Waals surface area contributed by atoms with Crippen molar-refractivity contribution in [2.75, 3.05) is 0 Å². The summed E-state index contributed by atoms with van der Waals surface area (Å²) in [5.74, 6) is -1.51. The third-order valence-electron chi connectivity index (χ3n) is 4.37. The van der Waals surface area contributed by atoms with Crippen LogP contribution in [0.4, 0.5) is 0 Å². The highest BCUT2D eigenvalue weighted by Crippen LogP contribution is 2.62. The normalized spacial score (nSPS) is 14.6. The lowest BCUT2D eigenvalue weighted by molar-refractivity contribution is -0.139. The second-order valence-corrected chi connectivity index (χ2v) is 15.3. The summed E-state index contributed by atoms with van der Waals surface area (Å²) in [6.45, 7) is 20.8. The van der Waals surface area contributed by atoms with Crippen LogP contribution >= 0.6 is 0 Å². The van der Waals surface area contributed by atoms with Crippen molar-refractivity contribution < 1.29 is 19.1 Å². The molecular weight excluding hydrogens is 308 g/mol. The molecule has 0 fully saturated rings. The number of hydrogen-bond donors (Lipinski definition) is 1. The Morgan fingerprint density at radius 1 is 0.913 bits per heavy atom. The van der Waals surface area contributed by atoms with Gasteiger partial charge in [-0.3, -0.25) is 4.79 Å². The summed E-state index contributed by atoms with van der Waals surface area (Å²) >= 11 is 0. The number of carbonyl (C=O) groups excluding carboxylic acids is 1. The Hall–Kier alpha value is -1.10. The summed E-state index contributed by atoms with van der Waals surface area (Å²) in [5.41, 5.74) is 0.215. The molecule has 0 atom stereocenters. The van der Waals surface area contributed by atoms with Gasteiger partial charge >= 0.3 is 11.9 Å². The molecule has 0 aromatic carbocycles. The number of carboxylic acid groups (broad SMARTS) is 1. The van der Waals surface area contributed by atoms with Crippen LogP contribution in [0.2, 0.25) is 15.1 Å². The lowest BCUT2D eigenvalue weighted by atomic mass is 10.2. The van der Waals surface area contributed by atoms with Crippen LogP contribution in [0.25, 0.3) is 0 Å². The minimum Gasteiger partial charge on any atom is -0.514 e. The second kappa shape index (κ2) is 6.79. The molecule has 0 unspecified atom stereocenters. The molecule has 134 valence electrons. The minimum atomic E-state index is -2.68. The number of aliphatic carboxylic acids is 1. The van der Waals surface area contributed by atoms with Crippen molar-refractivity contribution >= 4 is 20.3 Å². The number of rotatable bonds is 4. The fourth-order valence-corrected chi connectivity index (χ4v) is 12.6. The Bertz CT molecular complexity index is 449. The van der Waals surface area contributed by atoms with Crippen molar-refractivity contribution in [1.82, 2.24) is 0 Å². The van der Waals surface area contributed by atoms with E-state index in [9.17, 15) is 9.59 Å². The lowest BCUT2D eigenvalue weighted by Gasteiger charge is -2.56. The van der Waals surface area contributed by atoms with E-state index in [0.29, 0.717) is 0 Å². The molecule has 0 radical (unpaired) electrons. The van der Waals surface area contributed by atoms with Crippen molar-refractivity contribution in [2.45, 2.75) is 90.8 Å². The molecule has 0 rings (SSSR count). The first kappa shape index (κ1) is 21.9. The zero-order chi connectivity index (χ0) is 18.9. The molecule has 4 nitrogen and oxygen atoms in total. The molecule has 5 heteroatoms. The van der Waals surface area contributed by atoms with Gasteiger partial charge in [-0.05, 0) is 22.0 Å². The highest BCUT2D eigenvalue weighted by atomic mass is 28.4. The minimum absolute atomic E-state index is 0.193. The second-order valence-electron chi connectivity index (χ2n) is 9.21. The van der Waals surface area contributed by atoms with Crippen LogP contribution in [0.5, 0.6) is 0 Å². The zero-order valence-electron chi connectivity index (χ0n) is 16.5. The molecule has 0 heterocycles. The fourth-order valence-electron chi connectivity index (χ4n) is 4.49. The maximum absolute atomic E-state index is 12.7. The average Bonchev–Trinajstić information content (AvgIpc) is 2.27. The monoisotopic (exact) mass is 342 g/mol. The van der Waals surface area contributed by atoms with E-state index in [2.05, 4.69) is 62.3 Å². The van der Waals surface area contributed by atoms with Crippen molar-refractivity contribution in [1.29, 1.82) is 0 Å². The van der Waals surface area contributed by atoms with Gasteiger partial charge in [0.15, 0.2) is 0 Å². The highest BCUT2D eigenvalue weighted by molar-refractivity contribution is 6.83. The Balaban J connectivity index is 6.13. The summed E-state index contributed by atoms with van der Waals surface area (Å²) in [5, 5.41) is 8.42. The molecule has 0 amide bonds. The van der Waals surface area contributed by atoms with Gasteiger partial charge in [-0.25, -0.2) is 4.79 Å². The molecule has 0 aliphatic carbocycles. The summed E-state index contributed by atoms with van der Waals surface area (Å²) in [6.07, 6.45) is 1.24. The van der Waals surface area contributed by atoms with Crippen molar-refractivity contribution in [3.8, 4) is 0 Å². The number of hydrogen-bond acceptors (Lipinski definition) is 3. The summed E-state index contributed by atoms with van der Waals surface area (Å²) in [6, 6.07) is 0. The smallest absolute Gasteiger partial charge is 0.321 e. The molecule has 0 saturated carbocycles. The molecule has 0 aliphatic rings. The predicted octanol–water partition coefficient (Wildman–Crippen LogP) is 5.30. The molecule has 0 aromatic heterocycles. The maximum atomic E-state index is 12.7. The molecule has 0 aliphatic heterocycles. The van der Waals surface area contributed by atoms with Gasteiger partial charge in [0.1, 0.15) is 0 Å². The van der Waals surface area contributed by atoms with E-state index in [0.717, 1.165) is 0 Å². The van der Waals surface area contributed by atoms with Crippen LogP contribution in [0.3, 0.4) is 0 Å². The van der Waals surface area contributed by atoms with Gasteiger partial charge in [0, 0.05) is 5.57 Å². The molecule has 0 bridgehead atoms. The Morgan fingerprint density at radius 2 is 1.26 bits per heavy atom. The van der Waals surface area contributed by atoms with Crippen LogP contribution in [0, 0.1) is 0 Å². The van der Waals surface area contributed by atoms with Gasteiger partial charge in [-0.2, -0.15) is 0 Å². The van der Waals surface area contributed by atoms with Gasteiger partial charge < -0.3 is 9.53 Å². The summed E-state index contributed by atoms with van der Waals surface area (Å²) < 4.78 is 6.25. The summed E-state index contributed by atoms with van der Waals surface area (Å²) in [4.78, 5) is 23.7. The molecule has 1 N–H and O–H groups in total. The number of allylic oxidation sites excluding steroid dienone is 1. The van der Waals surface area contributed by atoms with Crippen LogP contribution < -0.4 is 0 Å². The van der Waals surface area contributed by atoms with E-state index in [1.807, 2.05) is 0 Å². The Labute approximate surface area is 142 Å². The van der Waals surface area contributed by atoms with Gasteiger partial charge in [0.2, 0.25) is 0 Å². The third-order valence-corrected chi connectivity index (χ3v) is 11.2. The van der Waals surface area contributed by atoms with Gasteiger partial charge in [0.05, 0.1) is 6.42 Å². The maximum Gasteiger partial charge on any atom is 0.321 e. The van der Waals surface area contributed by atoms with E-state index in [1.54, 1.807) is 13.0 Å². The first-order chi connectivity index (χ1) is 10.0. The van der Waals surface area contributed by atoms with Crippen LogP contribution in [-0.4, -0.2) is 25.4 Å². The first-order valence-electron chi connectivity index (χ1n) is 8.11. The average molecular weight is 343 g/mol. The van der Waals surface area contributed by atoms with E-state index < -0.39 is 20.3 Å². The van der Waals surface area contributed by atoms with Gasteiger partial charge in [0.25, 0.3) is 8.32 Å². The third kappa shape index (κ3) is 4.46. The molecule has 0 aromatic rings. The van der Waals surface area contributed by atoms with E-state index in [4.69, 9.17) is 9.53 Å². The van der Waals surface area contributed by atoms with E-state index in [-0.39, 0.29) is 27.1 Å². The first-order valence-corrected chi connectivity index (χ1v) is 10.0. The number of carbonyl (C=O) groups is 2. The van der Waals surface area contributed by atoms with Crippen molar-refractivity contribution in [3.63, 3.8) is 0 Å². The fraction of sp³-hybridized carbons (Fsp3) is 0.778. The molecule has 0 saturated heterocycles. The van der Waals surface area contributed by atoms with Gasteiger partial charge in [-0.15, -0.1) is 0 Å². The summed E-state index contributed by atoms with van der Waals surface area (Å²) in [7, 11) is -2.68. The van der Waals surface area contributed by atoms with Gasteiger partial charge in [-0.1, -0.05) is 68.4 Å². The largest absolute Gasteiger partial charge is 0.514 e. The molecule has 23 heavy (non-hydrogen) atoms. The highest BCUT2D eigenvalue weighted by Gasteiger charge is 2.64. The standard InChI is InChI=1S/C18H34O4Si/c1-11-13(12-14(19)20)15(21)22-23(16(2,3)4,17(5,6)7)18(8,9)10/h11H,12H2,1-10H3,(H,19,20). The number of carboxylic acids is 1. The SMILES string of the molecule is CC=C(CC(=O)O)C(=O)O[Si](C(C)(C)C)(C(C)(C)C)C(C)(C)C. The lowest BCUT2D eigenvalue weighted by Crippen LogP contribution is -2.61. The quantitative estimate of drug-likeness (QED) is 0.556. The van der Waals surface area contributed by atoms with E-state index >= 15 is 0 Å². The zero-order valence-corrected chi connectivity index (χ0v) is 17.5.